The number of hydrogen-bond acceptors (Lipinski definition) is 3. The van der Waals surface area contributed by atoms with E-state index >= 15 is 0 Å². The van der Waals surface area contributed by atoms with Gasteiger partial charge >= 0.3 is 0 Å². The number of nitrogens with zero attached hydrogens (tertiary/aromatic N) is 1. The van der Waals surface area contributed by atoms with Crippen molar-refractivity contribution in [2.24, 2.45) is 5.10 Å². The second-order valence-corrected chi connectivity index (χ2v) is 6.61. The van der Waals surface area contributed by atoms with Gasteiger partial charge in [0.25, 0.3) is 0 Å². The molecule has 3 rings (SSSR count). The highest BCUT2D eigenvalue weighted by Gasteiger charge is 2.16. The van der Waals surface area contributed by atoms with E-state index in [0.717, 1.165) is 37.3 Å². The Labute approximate surface area is 133 Å². The number of ketones is 1. The minimum absolute atomic E-state index is 0.212. The van der Waals surface area contributed by atoms with E-state index in [1.807, 2.05) is 0 Å². The summed E-state index contributed by atoms with van der Waals surface area (Å²) in [5.41, 5.74) is 6.21. The zero-order valence-corrected chi connectivity index (χ0v) is 13.3. The van der Waals surface area contributed by atoms with Gasteiger partial charge in [-0.25, -0.2) is 0 Å². The Kier molecular flexibility index (Phi) is 5.25. The smallest absolute Gasteiger partial charge is 0.178 e. The molecule has 1 aromatic rings. The summed E-state index contributed by atoms with van der Waals surface area (Å²) >= 11 is 0. The molecule has 0 aliphatic heterocycles. The Balaban J connectivity index is 1.61. The Hall–Kier alpha value is -1.64. The zero-order valence-electron chi connectivity index (χ0n) is 13.3. The second-order valence-electron chi connectivity index (χ2n) is 6.61. The van der Waals surface area contributed by atoms with Crippen LogP contribution in [0.15, 0.2) is 29.4 Å². The lowest BCUT2D eigenvalue weighted by Gasteiger charge is -2.22. The molecular weight excluding hydrogens is 272 g/mol. The van der Waals surface area contributed by atoms with E-state index in [1.54, 1.807) is 0 Å². The lowest BCUT2D eigenvalue weighted by atomic mass is 9.84. The van der Waals surface area contributed by atoms with E-state index < -0.39 is 0 Å². The third-order valence-electron chi connectivity index (χ3n) is 4.95. The van der Waals surface area contributed by atoms with Crippen LogP contribution in [0.5, 0.6) is 0 Å². The van der Waals surface area contributed by atoms with Crippen LogP contribution in [0.4, 0.5) is 5.69 Å². The highest BCUT2D eigenvalue weighted by atomic mass is 16.1. The Bertz CT molecular complexity index is 527. The molecule has 0 atom stereocenters. The van der Waals surface area contributed by atoms with Gasteiger partial charge in [-0.15, -0.1) is 0 Å². The number of rotatable bonds is 3. The average Bonchev–Trinajstić information content (AvgIpc) is 2.78. The van der Waals surface area contributed by atoms with Crippen molar-refractivity contribution in [2.45, 2.75) is 70.1 Å². The van der Waals surface area contributed by atoms with E-state index in [1.165, 1.54) is 37.7 Å². The third kappa shape index (κ3) is 3.96. The molecule has 2 aliphatic rings. The number of hydrazone groups is 1. The van der Waals surface area contributed by atoms with Gasteiger partial charge in [-0.3, -0.25) is 10.2 Å². The molecule has 0 unspecified atom stereocenters. The summed E-state index contributed by atoms with van der Waals surface area (Å²) in [5, 5.41) is 4.35. The van der Waals surface area contributed by atoms with Gasteiger partial charge in [-0.05, 0) is 55.7 Å². The molecule has 0 radical (unpaired) electrons. The standard InChI is InChI=1S/C19H26N2O/c22-19-10-6-2-5-9-18(19)21-20-17-13-11-16(12-14-17)15-7-3-1-4-8-15/h11-15,20H,1-10H2. The van der Waals surface area contributed by atoms with Crippen LogP contribution in [0.2, 0.25) is 0 Å². The Morgan fingerprint density at radius 1 is 0.864 bits per heavy atom. The predicted octanol–water partition coefficient (Wildman–Crippen LogP) is 5.04. The van der Waals surface area contributed by atoms with Gasteiger partial charge in [0.05, 0.1) is 5.69 Å². The van der Waals surface area contributed by atoms with Crippen molar-refractivity contribution >= 4 is 17.2 Å². The molecule has 0 amide bonds. The fourth-order valence-electron chi connectivity index (χ4n) is 3.55. The quantitative estimate of drug-likeness (QED) is 0.627. The van der Waals surface area contributed by atoms with Crippen molar-refractivity contribution in [2.75, 3.05) is 5.43 Å². The minimum Gasteiger partial charge on any atom is -0.293 e. The van der Waals surface area contributed by atoms with E-state index in [0.29, 0.717) is 12.1 Å². The summed E-state index contributed by atoms with van der Waals surface area (Å²) in [7, 11) is 0. The lowest BCUT2D eigenvalue weighted by molar-refractivity contribution is -0.113. The fraction of sp³-hybridized carbons (Fsp3) is 0.579. The highest BCUT2D eigenvalue weighted by Crippen LogP contribution is 2.32. The van der Waals surface area contributed by atoms with E-state index in [4.69, 9.17) is 0 Å². The number of nitrogens with one attached hydrogen (secondary N) is 1. The molecule has 2 aliphatic carbocycles. The molecule has 1 N–H and O–H groups in total. The molecule has 3 nitrogen and oxygen atoms in total. The number of carbonyl (C=O) groups excluding carboxylic acids is 1. The molecule has 118 valence electrons. The molecule has 0 aromatic heterocycles. The number of Topliss-reactive ketones (excluding diaryl/α,β-unsaturated/α-hetero) is 1. The van der Waals surface area contributed by atoms with E-state index in [9.17, 15) is 4.79 Å². The Morgan fingerprint density at radius 3 is 2.32 bits per heavy atom. The van der Waals surface area contributed by atoms with Crippen LogP contribution in [-0.2, 0) is 4.79 Å². The largest absolute Gasteiger partial charge is 0.293 e. The van der Waals surface area contributed by atoms with Gasteiger partial charge in [0.15, 0.2) is 5.78 Å². The molecule has 0 bridgehead atoms. The normalized spacial score (nSPS) is 22.5. The maximum atomic E-state index is 11.9. The zero-order chi connectivity index (χ0) is 15.2. The van der Waals surface area contributed by atoms with E-state index in [-0.39, 0.29) is 5.78 Å². The summed E-state index contributed by atoms with van der Waals surface area (Å²) in [4.78, 5) is 11.9. The van der Waals surface area contributed by atoms with Crippen LogP contribution >= 0.6 is 0 Å². The van der Waals surface area contributed by atoms with Crippen molar-refractivity contribution in [3.05, 3.63) is 29.8 Å². The third-order valence-corrected chi connectivity index (χ3v) is 4.95. The maximum Gasteiger partial charge on any atom is 0.178 e. The van der Waals surface area contributed by atoms with Crippen LogP contribution in [-0.4, -0.2) is 11.5 Å². The van der Waals surface area contributed by atoms with Crippen molar-refractivity contribution in [3.8, 4) is 0 Å². The van der Waals surface area contributed by atoms with Gasteiger partial charge in [0.1, 0.15) is 5.71 Å². The monoisotopic (exact) mass is 298 g/mol. The first kappa shape index (κ1) is 15.3. The highest BCUT2D eigenvalue weighted by molar-refractivity contribution is 6.40. The molecule has 3 heteroatoms. The van der Waals surface area contributed by atoms with Gasteiger partial charge in [0.2, 0.25) is 0 Å². The van der Waals surface area contributed by atoms with Crippen molar-refractivity contribution in [3.63, 3.8) is 0 Å². The van der Waals surface area contributed by atoms with Crippen LogP contribution in [0, 0.1) is 0 Å². The van der Waals surface area contributed by atoms with Gasteiger partial charge in [0, 0.05) is 6.42 Å². The van der Waals surface area contributed by atoms with E-state index in [2.05, 4.69) is 34.8 Å². The second kappa shape index (κ2) is 7.57. The number of hydrogen-bond donors (Lipinski definition) is 1. The van der Waals surface area contributed by atoms with Crippen LogP contribution in [0.1, 0.15) is 75.7 Å². The van der Waals surface area contributed by atoms with Gasteiger partial charge < -0.3 is 0 Å². The lowest BCUT2D eigenvalue weighted by Crippen LogP contribution is -2.13. The molecule has 0 saturated heterocycles. The Morgan fingerprint density at radius 2 is 1.55 bits per heavy atom. The molecular formula is C19H26N2O. The van der Waals surface area contributed by atoms with Crippen LogP contribution in [0.25, 0.3) is 0 Å². The molecule has 0 spiro atoms. The van der Waals surface area contributed by atoms with Crippen LogP contribution < -0.4 is 5.43 Å². The fourth-order valence-corrected chi connectivity index (χ4v) is 3.55. The summed E-state index contributed by atoms with van der Waals surface area (Å²) in [6.45, 7) is 0. The maximum absolute atomic E-state index is 11.9. The minimum atomic E-state index is 0.212. The number of anilines is 1. The topological polar surface area (TPSA) is 41.5 Å². The van der Waals surface area contributed by atoms with Gasteiger partial charge in [-0.1, -0.05) is 37.8 Å². The van der Waals surface area contributed by atoms with Crippen molar-refractivity contribution in [1.82, 2.24) is 0 Å². The van der Waals surface area contributed by atoms with Crippen LogP contribution in [0.3, 0.4) is 0 Å². The molecule has 0 heterocycles. The van der Waals surface area contributed by atoms with Gasteiger partial charge in [-0.2, -0.15) is 5.10 Å². The SMILES string of the molecule is O=C1CCCCCC1=NNc1ccc(C2CCCCC2)cc1. The summed E-state index contributed by atoms with van der Waals surface area (Å²) in [6.07, 6.45) is 11.4. The number of carbonyl (C=O) groups is 1. The number of benzene rings is 1. The molecule has 2 fully saturated rings. The predicted molar refractivity (Wildman–Crippen MR) is 91.4 cm³/mol. The summed E-state index contributed by atoms with van der Waals surface area (Å²) in [5.74, 6) is 0.946. The first-order valence-electron chi connectivity index (χ1n) is 8.78. The average molecular weight is 298 g/mol. The van der Waals surface area contributed by atoms with Crippen molar-refractivity contribution < 1.29 is 4.79 Å². The molecule has 22 heavy (non-hydrogen) atoms. The first-order chi connectivity index (χ1) is 10.8. The molecule has 2 saturated carbocycles. The molecule has 1 aromatic carbocycles. The summed E-state index contributed by atoms with van der Waals surface area (Å²) < 4.78 is 0. The summed E-state index contributed by atoms with van der Waals surface area (Å²) in [6, 6.07) is 8.62. The first-order valence-corrected chi connectivity index (χ1v) is 8.78. The van der Waals surface area contributed by atoms with Crippen molar-refractivity contribution in [1.29, 1.82) is 0 Å².